The lowest BCUT2D eigenvalue weighted by molar-refractivity contribution is -0.120. The van der Waals surface area contributed by atoms with Crippen molar-refractivity contribution in [2.75, 3.05) is 0 Å². The van der Waals surface area contributed by atoms with E-state index in [9.17, 15) is 4.79 Å². The zero-order valence-corrected chi connectivity index (χ0v) is 8.31. The first kappa shape index (κ1) is 10.2. The van der Waals surface area contributed by atoms with Gasteiger partial charge in [-0.25, -0.2) is 0 Å². The number of carbonyl (C=O) groups is 1. The Balaban J connectivity index is 2.59. The Labute approximate surface area is 79.9 Å². The van der Waals surface area contributed by atoms with E-state index in [1.165, 1.54) is 6.42 Å². The number of hydrogen-bond acceptors (Lipinski definition) is 2. The topological polar surface area (TPSA) is 40.9 Å². The van der Waals surface area contributed by atoms with E-state index >= 15 is 0 Å². The Morgan fingerprint density at radius 3 is 2.46 bits per heavy atom. The summed E-state index contributed by atoms with van der Waals surface area (Å²) in [5.41, 5.74) is -0.300. The molecule has 0 spiro atoms. The lowest BCUT2D eigenvalue weighted by Crippen LogP contribution is -2.25. The predicted molar refractivity (Wildman–Crippen MR) is 51.0 cm³/mol. The highest BCUT2D eigenvalue weighted by atomic mass is 16.1. The molecular weight excluding hydrogens is 162 g/mol. The normalized spacial score (nSPS) is 20.6. The van der Waals surface area contributed by atoms with Gasteiger partial charge < -0.3 is 0 Å². The molecule has 0 saturated heterocycles. The average molecular weight is 179 g/mol. The molecule has 0 atom stereocenters. The Hall–Kier alpha value is -0.840. The van der Waals surface area contributed by atoms with E-state index in [1.54, 1.807) is 0 Å². The summed E-state index contributed by atoms with van der Waals surface area (Å²) in [7, 11) is 0. The fourth-order valence-electron chi connectivity index (χ4n) is 2.06. The Bertz CT molecular complexity index is 221. The second kappa shape index (κ2) is 4.41. The third-order valence-electron chi connectivity index (χ3n) is 2.98. The average Bonchev–Trinajstić information content (AvgIpc) is 2.19. The molecule has 0 aromatic heterocycles. The van der Waals surface area contributed by atoms with Gasteiger partial charge in [-0.15, -0.1) is 0 Å². The Morgan fingerprint density at radius 2 is 2.00 bits per heavy atom. The quantitative estimate of drug-likeness (QED) is 0.668. The van der Waals surface area contributed by atoms with E-state index in [2.05, 4.69) is 6.07 Å². The minimum atomic E-state index is -0.300. The van der Waals surface area contributed by atoms with Crippen molar-refractivity contribution in [3.63, 3.8) is 0 Å². The predicted octanol–water partition coefficient (Wildman–Crippen LogP) is 2.83. The molecule has 13 heavy (non-hydrogen) atoms. The van der Waals surface area contributed by atoms with Crippen LogP contribution in [0.3, 0.4) is 0 Å². The van der Waals surface area contributed by atoms with Gasteiger partial charge >= 0.3 is 0 Å². The van der Waals surface area contributed by atoms with E-state index < -0.39 is 0 Å². The molecule has 0 aromatic carbocycles. The second-order valence-corrected chi connectivity index (χ2v) is 4.02. The van der Waals surface area contributed by atoms with Crippen molar-refractivity contribution in [2.45, 2.75) is 51.9 Å². The van der Waals surface area contributed by atoms with Crippen LogP contribution in [0.5, 0.6) is 0 Å². The van der Waals surface area contributed by atoms with Crippen LogP contribution in [0, 0.1) is 16.7 Å². The van der Waals surface area contributed by atoms with Crippen molar-refractivity contribution in [1.29, 1.82) is 5.26 Å². The van der Waals surface area contributed by atoms with Gasteiger partial charge in [-0.05, 0) is 12.8 Å². The van der Waals surface area contributed by atoms with Crippen LogP contribution in [0.25, 0.3) is 0 Å². The van der Waals surface area contributed by atoms with Crippen LogP contribution in [0.15, 0.2) is 0 Å². The van der Waals surface area contributed by atoms with Crippen molar-refractivity contribution < 1.29 is 4.79 Å². The fourth-order valence-corrected chi connectivity index (χ4v) is 2.06. The molecule has 72 valence electrons. The maximum absolute atomic E-state index is 11.3. The van der Waals surface area contributed by atoms with Gasteiger partial charge in [0.2, 0.25) is 0 Å². The number of carbonyl (C=O) groups excluding carboxylic acids is 1. The highest BCUT2D eigenvalue weighted by Crippen LogP contribution is 2.38. The van der Waals surface area contributed by atoms with Crippen molar-refractivity contribution >= 4 is 5.78 Å². The molecule has 1 rings (SSSR count). The number of Topliss-reactive ketones (excluding diaryl/α,β-unsaturated/α-hetero) is 1. The fraction of sp³-hybridized carbons (Fsp3) is 0.818. The summed E-state index contributed by atoms with van der Waals surface area (Å²) in [5.74, 6) is 0.239. The number of nitriles is 1. The molecule has 0 radical (unpaired) electrons. The summed E-state index contributed by atoms with van der Waals surface area (Å²) in [5, 5.41) is 9.08. The molecule has 1 aliphatic carbocycles. The number of nitrogens with zero attached hydrogens (tertiary/aromatic N) is 1. The maximum atomic E-state index is 11.3. The first-order chi connectivity index (χ1) is 6.22. The zero-order chi connectivity index (χ0) is 9.73. The van der Waals surface area contributed by atoms with Crippen LogP contribution in [-0.4, -0.2) is 5.78 Å². The molecular formula is C11H17NO. The molecule has 1 saturated carbocycles. The van der Waals surface area contributed by atoms with Crippen molar-refractivity contribution in [3.8, 4) is 6.07 Å². The molecule has 0 heterocycles. The first-order valence-electron chi connectivity index (χ1n) is 5.15. The zero-order valence-electron chi connectivity index (χ0n) is 8.31. The minimum Gasteiger partial charge on any atom is -0.300 e. The number of ketones is 1. The molecule has 1 fully saturated rings. The van der Waals surface area contributed by atoms with E-state index in [4.69, 9.17) is 5.26 Å². The van der Waals surface area contributed by atoms with Gasteiger partial charge in [0.15, 0.2) is 0 Å². The molecule has 1 aliphatic rings. The van der Waals surface area contributed by atoms with E-state index in [-0.39, 0.29) is 11.2 Å². The number of rotatable bonds is 3. The summed E-state index contributed by atoms with van der Waals surface area (Å²) in [6.07, 6.45) is 6.37. The van der Waals surface area contributed by atoms with Crippen LogP contribution in [0.1, 0.15) is 51.9 Å². The van der Waals surface area contributed by atoms with Gasteiger partial charge in [0.05, 0.1) is 11.5 Å². The summed E-state index contributed by atoms with van der Waals surface area (Å²) >= 11 is 0. The van der Waals surface area contributed by atoms with Crippen molar-refractivity contribution in [1.82, 2.24) is 0 Å². The van der Waals surface area contributed by atoms with Crippen LogP contribution in [0.2, 0.25) is 0 Å². The Kier molecular flexibility index (Phi) is 3.48. The summed E-state index contributed by atoms with van der Waals surface area (Å²) in [6, 6.07) is 2.36. The largest absolute Gasteiger partial charge is 0.300 e. The molecule has 0 aliphatic heterocycles. The molecule has 2 heteroatoms. The Morgan fingerprint density at radius 1 is 1.38 bits per heavy atom. The summed E-state index contributed by atoms with van der Waals surface area (Å²) in [6.45, 7) is 1.87. The first-order valence-corrected chi connectivity index (χ1v) is 5.15. The van der Waals surface area contributed by atoms with E-state index in [0.717, 1.165) is 25.7 Å². The third-order valence-corrected chi connectivity index (χ3v) is 2.98. The molecule has 0 bridgehead atoms. The van der Waals surface area contributed by atoms with Gasteiger partial charge in [-0.3, -0.25) is 4.79 Å². The van der Waals surface area contributed by atoms with Crippen LogP contribution < -0.4 is 0 Å². The molecule has 0 aromatic rings. The van der Waals surface area contributed by atoms with Gasteiger partial charge in [-0.2, -0.15) is 5.26 Å². The molecule has 0 amide bonds. The monoisotopic (exact) mass is 179 g/mol. The SMILES string of the molecule is CCC(=O)CC1(C#N)CCCCC1. The molecule has 2 nitrogen and oxygen atoms in total. The lowest BCUT2D eigenvalue weighted by atomic mass is 9.72. The maximum Gasteiger partial charge on any atom is 0.134 e. The van der Waals surface area contributed by atoms with Gasteiger partial charge in [0.1, 0.15) is 5.78 Å². The third kappa shape index (κ3) is 2.55. The van der Waals surface area contributed by atoms with Crippen LogP contribution >= 0.6 is 0 Å². The highest BCUT2D eigenvalue weighted by molar-refractivity contribution is 5.79. The molecule has 0 N–H and O–H groups in total. The highest BCUT2D eigenvalue weighted by Gasteiger charge is 2.33. The number of hydrogen-bond donors (Lipinski definition) is 0. The van der Waals surface area contributed by atoms with Gasteiger partial charge in [0, 0.05) is 12.8 Å². The van der Waals surface area contributed by atoms with Crippen molar-refractivity contribution in [3.05, 3.63) is 0 Å². The lowest BCUT2D eigenvalue weighted by Gasteiger charge is -2.29. The van der Waals surface area contributed by atoms with E-state index in [0.29, 0.717) is 12.8 Å². The minimum absolute atomic E-state index is 0.239. The van der Waals surface area contributed by atoms with Gasteiger partial charge in [0.25, 0.3) is 0 Å². The molecule has 0 unspecified atom stereocenters. The van der Waals surface area contributed by atoms with Crippen LogP contribution in [0.4, 0.5) is 0 Å². The summed E-state index contributed by atoms with van der Waals surface area (Å²) < 4.78 is 0. The van der Waals surface area contributed by atoms with Crippen LogP contribution in [-0.2, 0) is 4.79 Å². The van der Waals surface area contributed by atoms with Crippen molar-refractivity contribution in [2.24, 2.45) is 5.41 Å². The smallest absolute Gasteiger partial charge is 0.134 e. The standard InChI is InChI=1S/C11H17NO/c1-2-10(13)8-11(9-12)6-4-3-5-7-11/h2-8H2,1H3. The van der Waals surface area contributed by atoms with E-state index in [1.807, 2.05) is 6.92 Å². The summed E-state index contributed by atoms with van der Waals surface area (Å²) in [4.78, 5) is 11.3. The van der Waals surface area contributed by atoms with Gasteiger partial charge in [-0.1, -0.05) is 26.2 Å². The second-order valence-electron chi connectivity index (χ2n) is 4.02.